The lowest BCUT2D eigenvalue weighted by atomic mass is 9.93. The van der Waals surface area contributed by atoms with Gasteiger partial charge in [0.05, 0.1) is 7.11 Å². The van der Waals surface area contributed by atoms with Gasteiger partial charge in [-0.15, -0.1) is 0 Å². The summed E-state index contributed by atoms with van der Waals surface area (Å²) in [6.45, 7) is 4.84. The Morgan fingerprint density at radius 3 is 2.67 bits per heavy atom. The van der Waals surface area contributed by atoms with Crippen LogP contribution in [0, 0.1) is 17.8 Å². The number of hydrogen-bond donors (Lipinski definition) is 0. The molecule has 1 aliphatic heterocycles. The van der Waals surface area contributed by atoms with Gasteiger partial charge in [-0.1, -0.05) is 18.2 Å². The zero-order valence-electron chi connectivity index (χ0n) is 14.4. The standard InChI is InChI=1S/C20H26N2O2/c1-24-19-4-2-3-17(13-19)20(23)22-9-7-21(8-10-22)14-18-12-15-5-6-16(18)11-15/h2-6,13,15-16,18H,7-12,14H2,1H3/t15-,16+,18-/m1/s1. The highest BCUT2D eigenvalue weighted by molar-refractivity contribution is 5.94. The quantitative estimate of drug-likeness (QED) is 0.798. The van der Waals surface area contributed by atoms with Crippen molar-refractivity contribution in [1.29, 1.82) is 0 Å². The number of hydrogen-bond acceptors (Lipinski definition) is 3. The lowest BCUT2D eigenvalue weighted by Gasteiger charge is -2.37. The predicted octanol–water partition coefficient (Wildman–Crippen LogP) is 2.67. The fourth-order valence-corrected chi connectivity index (χ4v) is 4.51. The Hall–Kier alpha value is -1.81. The van der Waals surface area contributed by atoms with Gasteiger partial charge in [0.15, 0.2) is 0 Å². The van der Waals surface area contributed by atoms with E-state index >= 15 is 0 Å². The first kappa shape index (κ1) is 15.7. The van der Waals surface area contributed by atoms with Crippen molar-refractivity contribution in [3.63, 3.8) is 0 Å². The average Bonchev–Trinajstić information content (AvgIpc) is 3.25. The molecule has 24 heavy (non-hydrogen) atoms. The van der Waals surface area contributed by atoms with Crippen LogP contribution in [0.25, 0.3) is 0 Å². The van der Waals surface area contributed by atoms with Crippen LogP contribution in [0.3, 0.4) is 0 Å². The van der Waals surface area contributed by atoms with Gasteiger partial charge in [-0.2, -0.15) is 0 Å². The third-order valence-corrected chi connectivity index (χ3v) is 5.89. The summed E-state index contributed by atoms with van der Waals surface area (Å²) in [5.41, 5.74) is 0.723. The van der Waals surface area contributed by atoms with Gasteiger partial charge in [-0.25, -0.2) is 0 Å². The van der Waals surface area contributed by atoms with E-state index in [-0.39, 0.29) is 5.91 Å². The van der Waals surface area contributed by atoms with Crippen molar-refractivity contribution in [3.05, 3.63) is 42.0 Å². The third kappa shape index (κ3) is 3.07. The topological polar surface area (TPSA) is 32.8 Å². The number of carbonyl (C=O) groups excluding carboxylic acids is 1. The van der Waals surface area contributed by atoms with Gasteiger partial charge in [-0.05, 0) is 48.8 Å². The number of methoxy groups -OCH3 is 1. The Balaban J connectivity index is 1.31. The predicted molar refractivity (Wildman–Crippen MR) is 94.2 cm³/mol. The SMILES string of the molecule is COc1cccc(C(=O)N2CCN(C[C@H]3C[C@@H]4C=C[C@H]3C4)CC2)c1. The molecule has 1 amide bonds. The minimum Gasteiger partial charge on any atom is -0.497 e. The Labute approximate surface area is 144 Å². The van der Waals surface area contributed by atoms with E-state index in [1.54, 1.807) is 7.11 Å². The van der Waals surface area contributed by atoms with Crippen LogP contribution in [0.15, 0.2) is 36.4 Å². The number of carbonyl (C=O) groups is 1. The second-order valence-corrected chi connectivity index (χ2v) is 7.37. The van der Waals surface area contributed by atoms with Gasteiger partial charge in [0.25, 0.3) is 5.91 Å². The van der Waals surface area contributed by atoms with Crippen LogP contribution < -0.4 is 4.74 Å². The molecule has 1 aromatic rings. The Bertz CT molecular complexity index is 634. The minimum atomic E-state index is 0.122. The molecule has 4 heteroatoms. The van der Waals surface area contributed by atoms with Crippen LogP contribution in [-0.2, 0) is 0 Å². The van der Waals surface area contributed by atoms with Crippen molar-refractivity contribution in [2.75, 3.05) is 39.8 Å². The van der Waals surface area contributed by atoms with E-state index in [9.17, 15) is 4.79 Å². The molecular weight excluding hydrogens is 300 g/mol. The maximum Gasteiger partial charge on any atom is 0.254 e. The fraction of sp³-hybridized carbons (Fsp3) is 0.550. The molecule has 1 aromatic carbocycles. The van der Waals surface area contributed by atoms with E-state index in [0.29, 0.717) is 0 Å². The molecule has 4 rings (SSSR count). The molecule has 3 atom stereocenters. The molecule has 3 aliphatic rings. The van der Waals surface area contributed by atoms with Gasteiger partial charge < -0.3 is 9.64 Å². The summed E-state index contributed by atoms with van der Waals surface area (Å²) in [7, 11) is 1.63. The van der Waals surface area contributed by atoms with E-state index in [4.69, 9.17) is 4.74 Å². The number of fused-ring (bicyclic) bond motifs is 2. The van der Waals surface area contributed by atoms with E-state index in [2.05, 4.69) is 17.1 Å². The second kappa shape index (κ2) is 6.60. The molecule has 2 fully saturated rings. The Morgan fingerprint density at radius 2 is 2.00 bits per heavy atom. The van der Waals surface area contributed by atoms with Crippen molar-refractivity contribution in [2.24, 2.45) is 17.8 Å². The number of ether oxygens (including phenoxy) is 1. The molecular formula is C20H26N2O2. The molecule has 0 aromatic heterocycles. The largest absolute Gasteiger partial charge is 0.497 e. The molecule has 2 aliphatic carbocycles. The second-order valence-electron chi connectivity index (χ2n) is 7.37. The molecule has 0 radical (unpaired) electrons. The molecule has 0 N–H and O–H groups in total. The first-order chi connectivity index (χ1) is 11.7. The summed E-state index contributed by atoms with van der Waals surface area (Å²) in [4.78, 5) is 17.2. The fourth-order valence-electron chi connectivity index (χ4n) is 4.51. The highest BCUT2D eigenvalue weighted by Gasteiger charge is 2.36. The van der Waals surface area contributed by atoms with E-state index in [1.807, 2.05) is 29.2 Å². The average molecular weight is 326 g/mol. The number of piperazine rings is 1. The van der Waals surface area contributed by atoms with Crippen LogP contribution in [0.2, 0.25) is 0 Å². The molecule has 128 valence electrons. The van der Waals surface area contributed by atoms with Gasteiger partial charge in [0, 0.05) is 38.3 Å². The molecule has 1 heterocycles. The number of nitrogens with zero attached hydrogens (tertiary/aromatic N) is 2. The summed E-state index contributed by atoms with van der Waals surface area (Å²) in [6, 6.07) is 7.46. The maximum atomic E-state index is 12.7. The number of rotatable bonds is 4. The summed E-state index contributed by atoms with van der Waals surface area (Å²) in [5, 5.41) is 0. The first-order valence-corrected chi connectivity index (χ1v) is 9.07. The summed E-state index contributed by atoms with van der Waals surface area (Å²) < 4.78 is 5.22. The van der Waals surface area contributed by atoms with Crippen molar-refractivity contribution in [1.82, 2.24) is 9.80 Å². The first-order valence-electron chi connectivity index (χ1n) is 9.07. The maximum absolute atomic E-state index is 12.7. The molecule has 0 spiro atoms. The van der Waals surface area contributed by atoms with E-state index in [1.165, 1.54) is 19.4 Å². The van der Waals surface area contributed by atoms with Crippen molar-refractivity contribution in [3.8, 4) is 5.75 Å². The van der Waals surface area contributed by atoms with Crippen LogP contribution in [0.5, 0.6) is 5.75 Å². The van der Waals surface area contributed by atoms with Gasteiger partial charge in [-0.3, -0.25) is 9.69 Å². The number of allylic oxidation sites excluding steroid dienone is 2. The van der Waals surface area contributed by atoms with Crippen LogP contribution in [-0.4, -0.2) is 55.5 Å². The van der Waals surface area contributed by atoms with Gasteiger partial charge in [0.2, 0.25) is 0 Å². The number of benzene rings is 1. The highest BCUT2D eigenvalue weighted by Crippen LogP contribution is 2.43. The third-order valence-electron chi connectivity index (χ3n) is 5.89. The van der Waals surface area contributed by atoms with Crippen molar-refractivity contribution in [2.45, 2.75) is 12.8 Å². The molecule has 1 saturated heterocycles. The lowest BCUT2D eigenvalue weighted by molar-refractivity contribution is 0.0610. The minimum absolute atomic E-state index is 0.122. The zero-order chi connectivity index (χ0) is 16.5. The van der Waals surface area contributed by atoms with Crippen molar-refractivity contribution < 1.29 is 9.53 Å². The molecule has 2 bridgehead atoms. The van der Waals surface area contributed by atoms with E-state index in [0.717, 1.165) is 55.2 Å². The van der Waals surface area contributed by atoms with Gasteiger partial charge >= 0.3 is 0 Å². The molecule has 0 unspecified atom stereocenters. The zero-order valence-corrected chi connectivity index (χ0v) is 14.4. The van der Waals surface area contributed by atoms with Crippen LogP contribution >= 0.6 is 0 Å². The monoisotopic (exact) mass is 326 g/mol. The number of amides is 1. The Morgan fingerprint density at radius 1 is 1.17 bits per heavy atom. The summed E-state index contributed by atoms with van der Waals surface area (Å²) in [5.74, 6) is 3.35. The normalized spacial score (nSPS) is 29.2. The lowest BCUT2D eigenvalue weighted by Crippen LogP contribution is -2.50. The van der Waals surface area contributed by atoms with E-state index < -0.39 is 0 Å². The smallest absolute Gasteiger partial charge is 0.254 e. The molecule has 1 saturated carbocycles. The highest BCUT2D eigenvalue weighted by atomic mass is 16.5. The van der Waals surface area contributed by atoms with Crippen LogP contribution in [0.4, 0.5) is 0 Å². The molecule has 4 nitrogen and oxygen atoms in total. The van der Waals surface area contributed by atoms with Crippen molar-refractivity contribution >= 4 is 5.91 Å². The van der Waals surface area contributed by atoms with Gasteiger partial charge in [0.1, 0.15) is 5.75 Å². The van der Waals surface area contributed by atoms with Crippen LogP contribution in [0.1, 0.15) is 23.2 Å². The summed E-state index contributed by atoms with van der Waals surface area (Å²) in [6.07, 6.45) is 7.58. The summed E-state index contributed by atoms with van der Waals surface area (Å²) >= 11 is 0. The Kier molecular flexibility index (Phi) is 4.31.